The van der Waals surface area contributed by atoms with E-state index in [9.17, 15) is 19.0 Å². The van der Waals surface area contributed by atoms with Gasteiger partial charge >= 0.3 is 19.8 Å². The first-order chi connectivity index (χ1) is 40.8. The van der Waals surface area contributed by atoms with Crippen LogP contribution in [-0.4, -0.2) is 49.3 Å². The van der Waals surface area contributed by atoms with E-state index >= 15 is 0 Å². The van der Waals surface area contributed by atoms with E-state index in [0.29, 0.717) is 6.42 Å². The summed E-state index contributed by atoms with van der Waals surface area (Å²) >= 11 is 0. The van der Waals surface area contributed by atoms with Gasteiger partial charge in [0.1, 0.15) is 6.61 Å². The van der Waals surface area contributed by atoms with Crippen LogP contribution in [0.2, 0.25) is 0 Å². The molecule has 0 aliphatic carbocycles. The number of unbranched alkanes of at least 4 members (excludes halogenated alkanes) is 27. The number of hydrogen-bond acceptors (Lipinski definition) is 8. The second-order valence-corrected chi connectivity index (χ2v) is 23.4. The van der Waals surface area contributed by atoms with Crippen molar-refractivity contribution in [2.45, 2.75) is 290 Å². The van der Waals surface area contributed by atoms with Crippen molar-refractivity contribution in [1.29, 1.82) is 0 Å². The Balaban J connectivity index is 4.00. The Morgan fingerprint density at radius 3 is 1.00 bits per heavy atom. The summed E-state index contributed by atoms with van der Waals surface area (Å²) in [7, 11) is -4.40. The second kappa shape index (κ2) is 67.3. The highest BCUT2D eigenvalue weighted by Crippen LogP contribution is 2.43. The summed E-state index contributed by atoms with van der Waals surface area (Å²) < 4.78 is 33.1. The van der Waals surface area contributed by atoms with E-state index in [1.54, 1.807) is 0 Å². The molecule has 0 saturated heterocycles. The fourth-order valence-electron chi connectivity index (χ4n) is 9.07. The minimum absolute atomic E-state index is 0.0450. The van der Waals surface area contributed by atoms with Gasteiger partial charge in [-0.1, -0.05) is 289 Å². The number of rotatable bonds is 62. The van der Waals surface area contributed by atoms with Crippen molar-refractivity contribution < 1.29 is 37.6 Å². The van der Waals surface area contributed by atoms with E-state index in [2.05, 4.69) is 148 Å². The summed E-state index contributed by atoms with van der Waals surface area (Å²) in [5.74, 6) is -0.846. The maximum atomic E-state index is 12.7. The smallest absolute Gasteiger partial charge is 0.462 e. The van der Waals surface area contributed by atoms with Gasteiger partial charge in [0.05, 0.1) is 13.2 Å². The van der Waals surface area contributed by atoms with Gasteiger partial charge < -0.3 is 20.1 Å². The topological polar surface area (TPSA) is 134 Å². The fourth-order valence-corrected chi connectivity index (χ4v) is 9.84. The van der Waals surface area contributed by atoms with Gasteiger partial charge in [-0.2, -0.15) is 0 Å². The third-order valence-electron chi connectivity index (χ3n) is 14.0. The SMILES string of the molecule is CC/C=C\C/C=C\C/C=C\C/C=C\C/C=C\C/C=C\C/C=C\C/C=C\C/C=C\C/C=C\CCCCCCCCC(=O)OC(COC(=O)CCCCCCCCCCCCCCC/C=C\CCCCCCCCCC)COP(=O)(O)OCCN. The predicted molar refractivity (Wildman–Crippen MR) is 357 cm³/mol. The normalized spacial score (nSPS) is 13.8. The van der Waals surface area contributed by atoms with E-state index < -0.39 is 26.5 Å². The number of carbonyl (C=O) groups excluding carboxylic acids is 2. The van der Waals surface area contributed by atoms with Gasteiger partial charge in [-0.25, -0.2) is 4.57 Å². The highest BCUT2D eigenvalue weighted by Gasteiger charge is 2.26. The Morgan fingerprint density at radius 2 is 0.663 bits per heavy atom. The fraction of sp³-hybridized carbons (Fsp3) is 0.671. The zero-order valence-corrected chi connectivity index (χ0v) is 54.0. The van der Waals surface area contributed by atoms with Crippen molar-refractivity contribution in [2.75, 3.05) is 26.4 Å². The Hall–Kier alpha value is -3.85. The van der Waals surface area contributed by atoms with Crippen molar-refractivity contribution in [1.82, 2.24) is 0 Å². The van der Waals surface area contributed by atoms with Crippen LogP contribution in [0.15, 0.2) is 134 Å². The highest BCUT2D eigenvalue weighted by atomic mass is 31.2. The first kappa shape index (κ1) is 79.2. The molecular weight excluding hydrogens is 1050 g/mol. The lowest BCUT2D eigenvalue weighted by atomic mass is 10.0. The molecule has 0 spiro atoms. The molecule has 0 amide bonds. The molecule has 0 saturated carbocycles. The van der Waals surface area contributed by atoms with Crippen LogP contribution in [-0.2, 0) is 32.7 Å². The lowest BCUT2D eigenvalue weighted by Gasteiger charge is -2.19. The first-order valence-corrected chi connectivity index (χ1v) is 35.2. The summed E-state index contributed by atoms with van der Waals surface area (Å²) in [6, 6.07) is 0. The Kier molecular flexibility index (Phi) is 64.2. The molecule has 0 aliphatic rings. The monoisotopic (exact) mass is 1170 g/mol. The van der Waals surface area contributed by atoms with Gasteiger partial charge in [-0.3, -0.25) is 18.6 Å². The molecule has 0 bridgehead atoms. The van der Waals surface area contributed by atoms with Crippen LogP contribution in [0.25, 0.3) is 0 Å². The molecule has 2 unspecified atom stereocenters. The number of phosphoric acid groups is 1. The van der Waals surface area contributed by atoms with Crippen molar-refractivity contribution in [3.8, 4) is 0 Å². The van der Waals surface area contributed by atoms with Crippen LogP contribution < -0.4 is 5.73 Å². The molecule has 0 aromatic heterocycles. The van der Waals surface area contributed by atoms with Gasteiger partial charge in [0.2, 0.25) is 0 Å². The number of esters is 2. The molecule has 0 aromatic rings. The maximum absolute atomic E-state index is 12.7. The Bertz CT molecular complexity index is 1820. The van der Waals surface area contributed by atoms with E-state index in [1.807, 2.05) is 0 Å². The molecule has 2 atom stereocenters. The second-order valence-electron chi connectivity index (χ2n) is 22.0. The summed E-state index contributed by atoms with van der Waals surface area (Å²) in [6.45, 7) is 3.62. The first-order valence-electron chi connectivity index (χ1n) is 33.7. The van der Waals surface area contributed by atoms with Crippen molar-refractivity contribution in [2.24, 2.45) is 5.73 Å². The molecule has 0 heterocycles. The number of hydrogen-bond donors (Lipinski definition) is 2. The average Bonchev–Trinajstić information content (AvgIpc) is 3.49. The van der Waals surface area contributed by atoms with E-state index in [1.165, 1.54) is 128 Å². The van der Waals surface area contributed by atoms with Crippen LogP contribution in [0.3, 0.4) is 0 Å². The summed E-state index contributed by atoms with van der Waals surface area (Å²) in [5, 5.41) is 0. The van der Waals surface area contributed by atoms with Gasteiger partial charge in [-0.05, 0) is 116 Å². The summed E-state index contributed by atoms with van der Waals surface area (Å²) in [4.78, 5) is 35.3. The number of nitrogens with two attached hydrogens (primary N) is 1. The minimum atomic E-state index is -4.40. The number of phosphoric ester groups is 1. The van der Waals surface area contributed by atoms with Crippen LogP contribution >= 0.6 is 7.82 Å². The van der Waals surface area contributed by atoms with Crippen molar-refractivity contribution in [3.05, 3.63) is 134 Å². The molecule has 83 heavy (non-hydrogen) atoms. The Labute approximate surface area is 510 Å². The average molecular weight is 1170 g/mol. The number of allylic oxidation sites excluding steroid dienone is 22. The van der Waals surface area contributed by atoms with Crippen LogP contribution in [0, 0.1) is 0 Å². The largest absolute Gasteiger partial charge is 0.472 e. The molecule has 3 N–H and O–H groups in total. The van der Waals surface area contributed by atoms with Crippen LogP contribution in [0.1, 0.15) is 284 Å². The minimum Gasteiger partial charge on any atom is -0.462 e. The summed E-state index contributed by atoms with van der Waals surface area (Å²) in [5.41, 5.74) is 5.39. The van der Waals surface area contributed by atoms with Crippen LogP contribution in [0.4, 0.5) is 0 Å². The number of ether oxygens (including phenoxy) is 2. The Morgan fingerprint density at radius 1 is 0.373 bits per heavy atom. The highest BCUT2D eigenvalue weighted by molar-refractivity contribution is 7.47. The van der Waals surface area contributed by atoms with Gasteiger partial charge in [0.25, 0.3) is 0 Å². The van der Waals surface area contributed by atoms with Gasteiger partial charge in [0.15, 0.2) is 6.10 Å². The summed E-state index contributed by atoms with van der Waals surface area (Å²) in [6.07, 6.45) is 95.3. The standard InChI is InChI=1S/C73H124NO8P/c1-3-5-7-9-11-13-15-17-19-21-23-25-27-29-30-31-32-33-34-35-36-37-38-39-40-42-44-46-48-50-52-54-56-58-60-62-64-66-73(76)82-71(70-81-83(77,78)80-68-67-74)69-79-72(75)65-63-61-59-57-55-53-51-49-47-45-43-41-28-26-24-22-20-18-16-14-12-10-8-6-4-2/h5,7,11,13,17,19,22-25,29-30,32-33,35-36,38-39,42,44,48,50,71H,3-4,6,8-10,12,14-16,18,20-21,26-28,31,34,37,40-41,43,45-47,49,51-70,74H2,1-2H3,(H,77,78)/b7-5-,13-11-,19-17-,24-22-,25-23-,30-29-,33-32-,36-35-,39-38-,44-42-,50-48-. The molecule has 0 aromatic carbocycles. The quantitative estimate of drug-likeness (QED) is 0.0264. The third-order valence-corrected chi connectivity index (χ3v) is 15.0. The molecule has 9 nitrogen and oxygen atoms in total. The third kappa shape index (κ3) is 67.2. The van der Waals surface area contributed by atoms with Gasteiger partial charge in [0, 0.05) is 19.4 Å². The molecule has 0 aliphatic heterocycles. The lowest BCUT2D eigenvalue weighted by molar-refractivity contribution is -0.161. The maximum Gasteiger partial charge on any atom is 0.472 e. The molecule has 10 heteroatoms. The van der Waals surface area contributed by atoms with E-state index in [-0.39, 0.29) is 38.6 Å². The predicted octanol–water partition coefficient (Wildman–Crippen LogP) is 22.1. The van der Waals surface area contributed by atoms with Crippen molar-refractivity contribution >= 4 is 19.8 Å². The lowest BCUT2D eigenvalue weighted by Crippen LogP contribution is -2.29. The molecular formula is C73H124NO8P. The molecule has 0 rings (SSSR count). The van der Waals surface area contributed by atoms with E-state index in [4.69, 9.17) is 24.3 Å². The zero-order chi connectivity index (χ0) is 60.1. The number of carbonyl (C=O) groups is 2. The van der Waals surface area contributed by atoms with Crippen LogP contribution in [0.5, 0.6) is 0 Å². The molecule has 0 radical (unpaired) electrons. The van der Waals surface area contributed by atoms with Gasteiger partial charge in [-0.15, -0.1) is 0 Å². The zero-order valence-electron chi connectivity index (χ0n) is 53.1. The molecule has 474 valence electrons. The molecule has 0 fully saturated rings. The van der Waals surface area contributed by atoms with Crippen molar-refractivity contribution in [3.63, 3.8) is 0 Å². The van der Waals surface area contributed by atoms with E-state index in [0.717, 1.165) is 122 Å².